The Morgan fingerprint density at radius 2 is 2.20 bits per heavy atom. The summed E-state index contributed by atoms with van der Waals surface area (Å²) in [6.45, 7) is 6.22. The van der Waals surface area contributed by atoms with Crippen LogP contribution < -0.4 is 5.43 Å². The highest BCUT2D eigenvalue weighted by Gasteiger charge is 2.12. The first-order valence-corrected chi connectivity index (χ1v) is 5.14. The summed E-state index contributed by atoms with van der Waals surface area (Å²) in [6, 6.07) is 1.35. The predicted molar refractivity (Wildman–Crippen MR) is 58.1 cm³/mol. The molecular weight excluding hydrogens is 194 g/mol. The minimum absolute atomic E-state index is 0.124. The van der Waals surface area contributed by atoms with Gasteiger partial charge in [-0.1, -0.05) is 6.92 Å². The Morgan fingerprint density at radius 1 is 1.53 bits per heavy atom. The van der Waals surface area contributed by atoms with Crippen molar-refractivity contribution in [2.24, 2.45) is 0 Å². The minimum atomic E-state index is -0.352. The molecule has 0 saturated carbocycles. The number of hydrogen-bond acceptors (Lipinski definition) is 3. The lowest BCUT2D eigenvalue weighted by Gasteiger charge is -2.21. The minimum Gasteiger partial charge on any atom is -0.503 e. The molecule has 1 aromatic heterocycles. The second-order valence-corrected chi connectivity index (χ2v) is 3.34. The molecule has 1 heterocycles. The first-order valence-electron chi connectivity index (χ1n) is 5.14. The number of ether oxygens (including phenoxy) is 1. The molecule has 0 aliphatic rings. The maximum atomic E-state index is 11.2. The van der Waals surface area contributed by atoms with E-state index in [4.69, 9.17) is 4.74 Å². The van der Waals surface area contributed by atoms with Crippen LogP contribution in [0.4, 0.5) is 0 Å². The van der Waals surface area contributed by atoms with Gasteiger partial charge in [-0.15, -0.1) is 0 Å². The maximum Gasteiger partial charge on any atom is 0.223 e. The highest BCUT2D eigenvalue weighted by Crippen LogP contribution is 2.18. The number of aromatic nitrogens is 1. The fourth-order valence-electron chi connectivity index (χ4n) is 1.54. The van der Waals surface area contributed by atoms with Crippen molar-refractivity contribution in [2.45, 2.75) is 33.4 Å². The Bertz CT molecular complexity index is 384. The third-order valence-electron chi connectivity index (χ3n) is 2.37. The molecule has 1 N–H and O–H groups in total. The summed E-state index contributed by atoms with van der Waals surface area (Å²) in [5.41, 5.74) is 0.193. The van der Waals surface area contributed by atoms with E-state index in [0.29, 0.717) is 12.3 Å². The Labute approximate surface area is 89.1 Å². The van der Waals surface area contributed by atoms with Crippen LogP contribution in [0.5, 0.6) is 5.75 Å². The van der Waals surface area contributed by atoms with E-state index in [1.165, 1.54) is 6.07 Å². The van der Waals surface area contributed by atoms with Gasteiger partial charge in [-0.3, -0.25) is 4.79 Å². The molecule has 0 fully saturated rings. The Morgan fingerprint density at radius 3 is 2.73 bits per heavy atom. The fraction of sp³-hybridized carbons (Fsp3) is 0.545. The maximum absolute atomic E-state index is 11.2. The Hall–Kier alpha value is -1.29. The molecule has 0 aromatic carbocycles. The highest BCUT2D eigenvalue weighted by molar-refractivity contribution is 5.25. The van der Waals surface area contributed by atoms with Gasteiger partial charge in [-0.25, -0.2) is 0 Å². The van der Waals surface area contributed by atoms with E-state index in [1.54, 1.807) is 17.7 Å². The van der Waals surface area contributed by atoms with Crippen LogP contribution >= 0.6 is 0 Å². The summed E-state index contributed by atoms with van der Waals surface area (Å²) < 4.78 is 7.28. The molecule has 0 aliphatic carbocycles. The van der Waals surface area contributed by atoms with Crippen LogP contribution in [0.3, 0.4) is 0 Å². The third kappa shape index (κ3) is 2.39. The number of hydrogen-bond donors (Lipinski definition) is 1. The number of rotatable bonds is 4. The van der Waals surface area contributed by atoms with Crippen LogP contribution in [0.25, 0.3) is 0 Å². The van der Waals surface area contributed by atoms with Gasteiger partial charge in [0.05, 0.1) is 5.69 Å². The second-order valence-electron chi connectivity index (χ2n) is 3.34. The smallest absolute Gasteiger partial charge is 0.223 e. The molecule has 4 heteroatoms. The number of nitrogens with zero attached hydrogens (tertiary/aromatic N) is 1. The molecule has 1 unspecified atom stereocenters. The van der Waals surface area contributed by atoms with E-state index < -0.39 is 0 Å². The SMILES string of the molecule is CCOC(CC)n1ccc(=O)c(O)c1C. The fourth-order valence-corrected chi connectivity index (χ4v) is 1.54. The zero-order valence-corrected chi connectivity index (χ0v) is 9.36. The standard InChI is InChI=1S/C11H17NO3/c1-4-10(15-5-2)12-7-6-9(13)11(14)8(12)3/h6-7,10,14H,4-5H2,1-3H3. The topological polar surface area (TPSA) is 51.5 Å². The molecule has 0 saturated heterocycles. The summed E-state index contributed by atoms with van der Waals surface area (Å²) in [4.78, 5) is 11.2. The van der Waals surface area contributed by atoms with E-state index in [9.17, 15) is 9.90 Å². The summed E-state index contributed by atoms with van der Waals surface area (Å²) in [5.74, 6) is -0.198. The van der Waals surface area contributed by atoms with E-state index >= 15 is 0 Å². The molecular formula is C11H17NO3. The van der Waals surface area contributed by atoms with Gasteiger partial charge in [0, 0.05) is 18.9 Å². The lowest BCUT2D eigenvalue weighted by atomic mass is 10.3. The molecule has 0 bridgehead atoms. The van der Waals surface area contributed by atoms with E-state index in [1.807, 2.05) is 13.8 Å². The van der Waals surface area contributed by atoms with Gasteiger partial charge in [-0.2, -0.15) is 0 Å². The van der Waals surface area contributed by atoms with Gasteiger partial charge < -0.3 is 14.4 Å². The average molecular weight is 211 g/mol. The van der Waals surface area contributed by atoms with Gasteiger partial charge in [0.1, 0.15) is 6.23 Å². The van der Waals surface area contributed by atoms with Gasteiger partial charge in [0.15, 0.2) is 5.75 Å². The quantitative estimate of drug-likeness (QED) is 0.826. The van der Waals surface area contributed by atoms with Crippen LogP contribution in [0.1, 0.15) is 32.2 Å². The second kappa shape index (κ2) is 4.98. The Balaban J connectivity index is 3.13. The molecule has 1 atom stereocenters. The summed E-state index contributed by atoms with van der Waals surface area (Å²) >= 11 is 0. The van der Waals surface area contributed by atoms with Crippen molar-refractivity contribution >= 4 is 0 Å². The van der Waals surface area contributed by atoms with Crippen LogP contribution in [-0.2, 0) is 4.74 Å². The van der Waals surface area contributed by atoms with Crippen LogP contribution in [0.2, 0.25) is 0 Å². The van der Waals surface area contributed by atoms with Crippen LogP contribution in [0.15, 0.2) is 17.1 Å². The molecule has 0 spiro atoms. The number of aromatic hydroxyl groups is 1. The zero-order valence-electron chi connectivity index (χ0n) is 9.36. The van der Waals surface area contributed by atoms with E-state index in [2.05, 4.69) is 0 Å². The van der Waals surface area contributed by atoms with Crippen LogP contribution in [0, 0.1) is 6.92 Å². The normalized spacial score (nSPS) is 12.7. The summed E-state index contributed by atoms with van der Waals surface area (Å²) in [6.07, 6.45) is 2.32. The Kier molecular flexibility index (Phi) is 3.91. The largest absolute Gasteiger partial charge is 0.503 e. The van der Waals surface area contributed by atoms with Crippen molar-refractivity contribution < 1.29 is 9.84 Å². The van der Waals surface area contributed by atoms with Gasteiger partial charge >= 0.3 is 0 Å². The molecule has 4 nitrogen and oxygen atoms in total. The van der Waals surface area contributed by atoms with Crippen molar-refractivity contribution in [2.75, 3.05) is 6.61 Å². The molecule has 0 aliphatic heterocycles. The summed E-state index contributed by atoms with van der Waals surface area (Å²) in [7, 11) is 0. The molecule has 84 valence electrons. The van der Waals surface area contributed by atoms with Crippen molar-refractivity contribution in [1.82, 2.24) is 4.57 Å². The first-order chi connectivity index (χ1) is 7.11. The van der Waals surface area contributed by atoms with Crippen molar-refractivity contribution in [3.05, 3.63) is 28.2 Å². The molecule has 15 heavy (non-hydrogen) atoms. The predicted octanol–water partition coefficient (Wildman–Crippen LogP) is 1.81. The number of pyridine rings is 1. The van der Waals surface area contributed by atoms with Gasteiger partial charge in [-0.05, 0) is 20.3 Å². The average Bonchev–Trinajstić information content (AvgIpc) is 2.24. The monoisotopic (exact) mass is 211 g/mol. The van der Waals surface area contributed by atoms with Gasteiger partial charge in [0.2, 0.25) is 5.43 Å². The van der Waals surface area contributed by atoms with Crippen molar-refractivity contribution in [1.29, 1.82) is 0 Å². The lowest BCUT2D eigenvalue weighted by molar-refractivity contribution is 0.00550. The summed E-state index contributed by atoms with van der Waals surface area (Å²) in [5, 5.41) is 9.51. The third-order valence-corrected chi connectivity index (χ3v) is 2.37. The van der Waals surface area contributed by atoms with Crippen molar-refractivity contribution in [3.8, 4) is 5.75 Å². The lowest BCUT2D eigenvalue weighted by Crippen LogP contribution is -2.17. The molecule has 1 aromatic rings. The van der Waals surface area contributed by atoms with Gasteiger partial charge in [0.25, 0.3) is 0 Å². The highest BCUT2D eigenvalue weighted by atomic mass is 16.5. The van der Waals surface area contributed by atoms with Crippen molar-refractivity contribution in [3.63, 3.8) is 0 Å². The van der Waals surface area contributed by atoms with Crippen LogP contribution in [-0.4, -0.2) is 16.3 Å². The molecule has 0 radical (unpaired) electrons. The molecule has 0 amide bonds. The molecule has 1 rings (SSSR count). The van der Waals surface area contributed by atoms with E-state index in [-0.39, 0.29) is 17.4 Å². The van der Waals surface area contributed by atoms with E-state index in [0.717, 1.165) is 6.42 Å². The zero-order chi connectivity index (χ0) is 11.4. The first kappa shape index (κ1) is 11.8.